The second-order valence-corrected chi connectivity index (χ2v) is 3.57. The molecule has 0 N–H and O–H groups in total. The fourth-order valence-corrected chi connectivity index (χ4v) is 1.28. The summed E-state index contributed by atoms with van der Waals surface area (Å²) in [6.07, 6.45) is -9.08. The molecule has 0 aromatic rings. The predicted molar refractivity (Wildman–Crippen MR) is 47.9 cm³/mol. The fourth-order valence-electron chi connectivity index (χ4n) is 1.28. The van der Waals surface area contributed by atoms with Gasteiger partial charge in [0.1, 0.15) is 0 Å². The van der Waals surface area contributed by atoms with E-state index in [0.717, 1.165) is 6.07 Å². The molecule has 2 nitrogen and oxygen atoms in total. The van der Waals surface area contributed by atoms with E-state index in [1.165, 1.54) is 0 Å². The summed E-state index contributed by atoms with van der Waals surface area (Å²) in [5.41, 5.74) is 0. The van der Waals surface area contributed by atoms with Crippen molar-refractivity contribution >= 4 is 0 Å². The Kier molecular flexibility index (Phi) is 5.75. The lowest BCUT2D eigenvalue weighted by Gasteiger charge is -2.25. The number of nitrogens with zero attached hydrogens (tertiary/aromatic N) is 2. The van der Waals surface area contributed by atoms with Crippen molar-refractivity contribution in [2.24, 2.45) is 5.92 Å². The summed E-state index contributed by atoms with van der Waals surface area (Å²) in [4.78, 5) is 0.599. The minimum absolute atomic E-state index is 0.131. The van der Waals surface area contributed by atoms with E-state index in [2.05, 4.69) is 0 Å². The third-order valence-corrected chi connectivity index (χ3v) is 1.93. The maximum absolute atomic E-state index is 12.2. The molecule has 0 amide bonds. The Hall–Kier alpha value is -0.970. The topological polar surface area (TPSA) is 27.0 Å². The molecule has 1 unspecified atom stereocenters. The smallest absolute Gasteiger partial charge is 0.293 e. The zero-order valence-corrected chi connectivity index (χ0v) is 9.07. The SMILES string of the molecule is CCCN(CC(C#N)C(F)(F)F)CC(F)(F)F. The van der Waals surface area contributed by atoms with Crippen LogP contribution in [-0.4, -0.2) is 36.9 Å². The first kappa shape index (κ1) is 16.0. The Morgan fingerprint density at radius 3 is 2.00 bits per heavy atom. The Morgan fingerprint density at radius 2 is 1.71 bits per heavy atom. The van der Waals surface area contributed by atoms with Crippen molar-refractivity contribution in [3.05, 3.63) is 0 Å². The van der Waals surface area contributed by atoms with E-state index in [9.17, 15) is 26.3 Å². The average Bonchev–Trinajstić information content (AvgIpc) is 2.09. The van der Waals surface area contributed by atoms with E-state index in [4.69, 9.17) is 5.26 Å². The number of nitriles is 1. The van der Waals surface area contributed by atoms with Gasteiger partial charge in [0.2, 0.25) is 0 Å². The Balaban J connectivity index is 4.59. The van der Waals surface area contributed by atoms with Crippen molar-refractivity contribution < 1.29 is 26.3 Å². The zero-order valence-electron chi connectivity index (χ0n) is 9.07. The number of halogens is 6. The first-order valence-electron chi connectivity index (χ1n) is 4.85. The molecular weight excluding hydrogens is 250 g/mol. The molecule has 0 aromatic carbocycles. The highest BCUT2D eigenvalue weighted by molar-refractivity contribution is 4.90. The van der Waals surface area contributed by atoms with E-state index in [1.807, 2.05) is 0 Å². The molecule has 0 aliphatic carbocycles. The van der Waals surface area contributed by atoms with Gasteiger partial charge in [0.25, 0.3) is 0 Å². The Labute approximate surface area is 94.8 Å². The zero-order chi connectivity index (χ0) is 13.7. The van der Waals surface area contributed by atoms with E-state index in [1.54, 1.807) is 6.92 Å². The highest BCUT2D eigenvalue weighted by Crippen LogP contribution is 2.27. The first-order valence-corrected chi connectivity index (χ1v) is 4.85. The molecule has 0 aromatic heterocycles. The molecular formula is C9H12F6N2. The molecule has 8 heteroatoms. The highest BCUT2D eigenvalue weighted by atomic mass is 19.4. The molecule has 100 valence electrons. The molecule has 0 heterocycles. The number of rotatable bonds is 5. The summed E-state index contributed by atoms with van der Waals surface area (Å²) in [5.74, 6) is -2.39. The van der Waals surface area contributed by atoms with Crippen LogP contribution in [0.5, 0.6) is 0 Å². The van der Waals surface area contributed by atoms with Crippen LogP contribution in [0.1, 0.15) is 13.3 Å². The van der Waals surface area contributed by atoms with Crippen molar-refractivity contribution in [2.75, 3.05) is 19.6 Å². The van der Waals surface area contributed by atoms with E-state index in [0.29, 0.717) is 4.90 Å². The van der Waals surface area contributed by atoms with Gasteiger partial charge in [0, 0.05) is 6.54 Å². The summed E-state index contributed by atoms with van der Waals surface area (Å²) in [7, 11) is 0. The highest BCUT2D eigenvalue weighted by Gasteiger charge is 2.42. The van der Waals surface area contributed by atoms with Crippen LogP contribution < -0.4 is 0 Å². The van der Waals surface area contributed by atoms with Gasteiger partial charge in [-0.1, -0.05) is 6.92 Å². The molecule has 0 spiro atoms. The van der Waals surface area contributed by atoms with Gasteiger partial charge in [0.15, 0.2) is 5.92 Å². The van der Waals surface area contributed by atoms with Crippen LogP contribution in [0.4, 0.5) is 26.3 Å². The quantitative estimate of drug-likeness (QED) is 0.712. The molecule has 0 aliphatic rings. The van der Waals surface area contributed by atoms with Gasteiger partial charge in [0.05, 0.1) is 12.6 Å². The van der Waals surface area contributed by atoms with Crippen molar-refractivity contribution in [2.45, 2.75) is 25.7 Å². The van der Waals surface area contributed by atoms with Gasteiger partial charge < -0.3 is 0 Å². The lowest BCUT2D eigenvalue weighted by atomic mass is 10.1. The van der Waals surface area contributed by atoms with Crippen LogP contribution in [0.3, 0.4) is 0 Å². The monoisotopic (exact) mass is 262 g/mol. The largest absolute Gasteiger partial charge is 0.405 e. The van der Waals surface area contributed by atoms with Crippen molar-refractivity contribution in [3.63, 3.8) is 0 Å². The number of alkyl halides is 6. The van der Waals surface area contributed by atoms with Gasteiger partial charge >= 0.3 is 12.4 Å². The molecule has 0 saturated carbocycles. The summed E-state index contributed by atoms with van der Waals surface area (Å²) in [6, 6.07) is 0.983. The van der Waals surface area contributed by atoms with Gasteiger partial charge in [-0.25, -0.2) is 0 Å². The maximum Gasteiger partial charge on any atom is 0.405 e. The lowest BCUT2D eigenvalue weighted by Crippen LogP contribution is -2.41. The molecule has 0 bridgehead atoms. The summed E-state index contributed by atoms with van der Waals surface area (Å²) < 4.78 is 72.9. The van der Waals surface area contributed by atoms with E-state index in [-0.39, 0.29) is 13.0 Å². The standard InChI is InChI=1S/C9H12F6N2/c1-2-3-17(6-8(10,11)12)5-7(4-16)9(13,14)15/h7H,2-3,5-6H2,1H3. The lowest BCUT2D eigenvalue weighted by molar-refractivity contribution is -0.176. The van der Waals surface area contributed by atoms with Gasteiger partial charge in [-0.15, -0.1) is 0 Å². The van der Waals surface area contributed by atoms with Crippen LogP contribution in [0.2, 0.25) is 0 Å². The Morgan fingerprint density at radius 1 is 1.18 bits per heavy atom. The van der Waals surface area contributed by atoms with Gasteiger partial charge in [-0.2, -0.15) is 31.6 Å². The first-order chi connectivity index (χ1) is 7.60. The van der Waals surface area contributed by atoms with Crippen LogP contribution in [0, 0.1) is 17.2 Å². The summed E-state index contributed by atoms with van der Waals surface area (Å²) in [6.45, 7) is -0.964. The van der Waals surface area contributed by atoms with Crippen molar-refractivity contribution in [3.8, 4) is 6.07 Å². The van der Waals surface area contributed by atoms with Crippen LogP contribution in [0.15, 0.2) is 0 Å². The maximum atomic E-state index is 12.2. The summed E-state index contributed by atoms with van der Waals surface area (Å²) in [5, 5.41) is 8.30. The van der Waals surface area contributed by atoms with Crippen LogP contribution >= 0.6 is 0 Å². The third-order valence-electron chi connectivity index (χ3n) is 1.93. The predicted octanol–water partition coefficient (Wildman–Crippen LogP) is 2.96. The Bertz CT molecular complexity index is 264. The molecule has 0 fully saturated rings. The minimum atomic E-state index is -4.80. The van der Waals surface area contributed by atoms with E-state index >= 15 is 0 Å². The molecule has 0 saturated heterocycles. The van der Waals surface area contributed by atoms with Gasteiger partial charge in [-0.05, 0) is 13.0 Å². The number of hydrogen-bond acceptors (Lipinski definition) is 2. The van der Waals surface area contributed by atoms with Crippen LogP contribution in [0.25, 0.3) is 0 Å². The molecule has 17 heavy (non-hydrogen) atoms. The molecule has 1 atom stereocenters. The third kappa shape index (κ3) is 7.05. The van der Waals surface area contributed by atoms with Crippen molar-refractivity contribution in [1.29, 1.82) is 5.26 Å². The van der Waals surface area contributed by atoms with Gasteiger partial charge in [-0.3, -0.25) is 4.90 Å². The minimum Gasteiger partial charge on any atom is -0.293 e. The van der Waals surface area contributed by atoms with Crippen molar-refractivity contribution in [1.82, 2.24) is 4.90 Å². The molecule has 0 radical (unpaired) electrons. The van der Waals surface area contributed by atoms with Crippen LogP contribution in [-0.2, 0) is 0 Å². The normalized spacial score (nSPS) is 14.8. The molecule has 0 aliphatic heterocycles. The van der Waals surface area contributed by atoms with E-state index < -0.39 is 31.4 Å². The number of hydrogen-bond donors (Lipinski definition) is 0. The molecule has 0 rings (SSSR count). The summed E-state index contributed by atoms with van der Waals surface area (Å²) >= 11 is 0. The second-order valence-electron chi connectivity index (χ2n) is 3.57. The average molecular weight is 262 g/mol. The second kappa shape index (κ2) is 6.10. The fraction of sp³-hybridized carbons (Fsp3) is 0.889.